The molecule has 3 nitrogen and oxygen atoms in total. The topological polar surface area (TPSA) is 52.3 Å². The van der Waals surface area contributed by atoms with Gasteiger partial charge in [0.1, 0.15) is 17.5 Å². The molecule has 0 aliphatic heterocycles. The van der Waals surface area contributed by atoms with Crippen molar-refractivity contribution in [1.82, 2.24) is 0 Å². The number of hydrogen-bond donors (Lipinski definition) is 1. The van der Waals surface area contributed by atoms with E-state index in [9.17, 15) is 13.6 Å². The van der Waals surface area contributed by atoms with E-state index >= 15 is 0 Å². The van der Waals surface area contributed by atoms with Crippen molar-refractivity contribution in [3.63, 3.8) is 0 Å². The van der Waals surface area contributed by atoms with Crippen molar-refractivity contribution < 1.29 is 18.3 Å². The van der Waals surface area contributed by atoms with Crippen LogP contribution in [-0.2, 0) is 4.74 Å². The van der Waals surface area contributed by atoms with E-state index < -0.39 is 23.2 Å². The average Bonchev–Trinajstić information content (AvgIpc) is 2.39. The van der Waals surface area contributed by atoms with Crippen LogP contribution < -0.4 is 5.73 Å². The van der Waals surface area contributed by atoms with Crippen LogP contribution in [0.5, 0.6) is 0 Å². The Morgan fingerprint density at radius 2 is 1.95 bits per heavy atom. The highest BCUT2D eigenvalue weighted by molar-refractivity contribution is 5.91. The smallest absolute Gasteiger partial charge is 0.344 e. The number of ether oxygens (including phenoxy) is 1. The lowest BCUT2D eigenvalue weighted by Gasteiger charge is -2.31. The third-order valence-electron chi connectivity index (χ3n) is 4.15. The van der Waals surface area contributed by atoms with Gasteiger partial charge in [-0.15, -0.1) is 0 Å². The Hall–Kier alpha value is -1.65. The summed E-state index contributed by atoms with van der Waals surface area (Å²) < 4.78 is 32.6. The van der Waals surface area contributed by atoms with Gasteiger partial charge in [-0.05, 0) is 43.2 Å². The number of esters is 1. The monoisotopic (exact) mass is 283 g/mol. The van der Waals surface area contributed by atoms with Gasteiger partial charge in [0.15, 0.2) is 5.82 Å². The molecule has 3 unspecified atom stereocenters. The minimum Gasteiger partial charge on any atom is -0.459 e. The standard InChI is InChI=1S/C15H19F2NO2/c1-8-3-4-10(7-9(8)2)20-15(19)13-11(16)5-6-12(18)14(13)17/h5-6,8-10H,3-4,7,18H2,1-2H3. The quantitative estimate of drug-likeness (QED) is 0.667. The molecule has 1 aromatic rings. The minimum atomic E-state index is -1.05. The number of hydrogen-bond acceptors (Lipinski definition) is 3. The van der Waals surface area contributed by atoms with E-state index in [1.807, 2.05) is 0 Å². The van der Waals surface area contributed by atoms with Gasteiger partial charge in [0, 0.05) is 0 Å². The zero-order chi connectivity index (χ0) is 14.9. The zero-order valence-corrected chi connectivity index (χ0v) is 11.7. The number of nitrogen functional groups attached to an aromatic ring is 1. The second-order valence-corrected chi connectivity index (χ2v) is 5.62. The first-order valence-electron chi connectivity index (χ1n) is 6.84. The fourth-order valence-corrected chi connectivity index (χ4v) is 2.57. The molecule has 1 fully saturated rings. The first kappa shape index (κ1) is 14.8. The summed E-state index contributed by atoms with van der Waals surface area (Å²) in [5.41, 5.74) is 4.39. The number of carbonyl (C=O) groups excluding carboxylic acids is 1. The summed E-state index contributed by atoms with van der Waals surface area (Å²) in [6.07, 6.45) is 2.11. The highest BCUT2D eigenvalue weighted by Crippen LogP contribution is 2.31. The highest BCUT2D eigenvalue weighted by atomic mass is 19.1. The molecule has 20 heavy (non-hydrogen) atoms. The molecule has 0 spiro atoms. The zero-order valence-electron chi connectivity index (χ0n) is 11.7. The van der Waals surface area contributed by atoms with Crippen LogP contribution in [0.25, 0.3) is 0 Å². The average molecular weight is 283 g/mol. The summed E-state index contributed by atoms with van der Waals surface area (Å²) in [5.74, 6) is -1.96. The van der Waals surface area contributed by atoms with Gasteiger partial charge in [-0.3, -0.25) is 0 Å². The van der Waals surface area contributed by atoms with Gasteiger partial charge in [-0.25, -0.2) is 13.6 Å². The number of carbonyl (C=O) groups is 1. The van der Waals surface area contributed by atoms with Crippen molar-refractivity contribution in [2.75, 3.05) is 5.73 Å². The van der Waals surface area contributed by atoms with Crippen molar-refractivity contribution in [3.05, 3.63) is 29.3 Å². The van der Waals surface area contributed by atoms with Crippen LogP contribution in [0, 0.1) is 23.5 Å². The van der Waals surface area contributed by atoms with Crippen molar-refractivity contribution in [2.45, 2.75) is 39.2 Å². The predicted molar refractivity (Wildman–Crippen MR) is 72.2 cm³/mol. The minimum absolute atomic E-state index is 0.260. The van der Waals surface area contributed by atoms with E-state index in [4.69, 9.17) is 10.5 Å². The maximum absolute atomic E-state index is 13.7. The Labute approximate surface area is 117 Å². The fraction of sp³-hybridized carbons (Fsp3) is 0.533. The predicted octanol–water partition coefficient (Wildman–Crippen LogP) is 3.53. The van der Waals surface area contributed by atoms with Gasteiger partial charge in [-0.2, -0.15) is 0 Å². The Bertz CT molecular complexity index is 519. The summed E-state index contributed by atoms with van der Waals surface area (Å²) in [5, 5.41) is 0. The molecule has 0 radical (unpaired) electrons. The molecule has 1 aliphatic rings. The summed E-state index contributed by atoms with van der Waals surface area (Å²) in [6, 6.07) is 2.06. The number of halogens is 2. The molecule has 1 saturated carbocycles. The largest absolute Gasteiger partial charge is 0.459 e. The fourth-order valence-electron chi connectivity index (χ4n) is 2.57. The van der Waals surface area contributed by atoms with Gasteiger partial charge in [0.2, 0.25) is 0 Å². The van der Waals surface area contributed by atoms with Crippen LogP contribution >= 0.6 is 0 Å². The van der Waals surface area contributed by atoms with E-state index in [1.165, 1.54) is 0 Å². The van der Waals surface area contributed by atoms with Crippen LogP contribution in [-0.4, -0.2) is 12.1 Å². The van der Waals surface area contributed by atoms with Crippen molar-refractivity contribution >= 4 is 11.7 Å². The highest BCUT2D eigenvalue weighted by Gasteiger charge is 2.29. The molecule has 2 rings (SSSR count). The second-order valence-electron chi connectivity index (χ2n) is 5.62. The number of benzene rings is 1. The molecule has 0 aromatic heterocycles. The van der Waals surface area contributed by atoms with Crippen molar-refractivity contribution in [2.24, 2.45) is 11.8 Å². The van der Waals surface area contributed by atoms with Crippen LogP contribution in [0.4, 0.5) is 14.5 Å². The first-order chi connectivity index (χ1) is 9.40. The van der Waals surface area contributed by atoms with Gasteiger partial charge in [0.05, 0.1) is 5.69 Å². The maximum atomic E-state index is 13.7. The van der Waals surface area contributed by atoms with E-state index in [2.05, 4.69) is 13.8 Å². The van der Waals surface area contributed by atoms with Crippen LogP contribution in [0.3, 0.4) is 0 Å². The molecule has 2 N–H and O–H groups in total. The van der Waals surface area contributed by atoms with Crippen LogP contribution in [0.2, 0.25) is 0 Å². The second kappa shape index (κ2) is 5.77. The first-order valence-corrected chi connectivity index (χ1v) is 6.84. The maximum Gasteiger partial charge on any atom is 0.344 e. The lowest BCUT2D eigenvalue weighted by molar-refractivity contribution is 0.00788. The van der Waals surface area contributed by atoms with Crippen molar-refractivity contribution in [1.29, 1.82) is 0 Å². The van der Waals surface area contributed by atoms with E-state index in [0.717, 1.165) is 31.4 Å². The molecular weight excluding hydrogens is 264 g/mol. The molecule has 0 amide bonds. The normalized spacial score (nSPS) is 26.3. The molecule has 3 atom stereocenters. The van der Waals surface area contributed by atoms with E-state index in [-0.39, 0.29) is 11.8 Å². The molecule has 0 saturated heterocycles. The summed E-state index contributed by atoms with van der Waals surface area (Å²) in [4.78, 5) is 11.9. The molecule has 5 heteroatoms. The Morgan fingerprint density at radius 1 is 1.25 bits per heavy atom. The number of rotatable bonds is 2. The molecule has 0 heterocycles. The van der Waals surface area contributed by atoms with Crippen LogP contribution in [0.1, 0.15) is 43.5 Å². The molecule has 110 valence electrons. The van der Waals surface area contributed by atoms with Gasteiger partial charge in [-0.1, -0.05) is 13.8 Å². The summed E-state index contributed by atoms with van der Waals surface area (Å²) in [7, 11) is 0. The van der Waals surface area contributed by atoms with Crippen LogP contribution in [0.15, 0.2) is 12.1 Å². The third-order valence-corrected chi connectivity index (χ3v) is 4.15. The molecule has 0 bridgehead atoms. The summed E-state index contributed by atoms with van der Waals surface area (Å²) >= 11 is 0. The van der Waals surface area contributed by atoms with Gasteiger partial charge < -0.3 is 10.5 Å². The van der Waals surface area contributed by atoms with Crippen molar-refractivity contribution in [3.8, 4) is 0 Å². The lowest BCUT2D eigenvalue weighted by Crippen LogP contribution is -2.29. The summed E-state index contributed by atoms with van der Waals surface area (Å²) in [6.45, 7) is 4.24. The Kier molecular flexibility index (Phi) is 4.26. The Balaban J connectivity index is 2.11. The molecule has 1 aromatic carbocycles. The molecule has 1 aliphatic carbocycles. The SMILES string of the molecule is CC1CCC(OC(=O)c2c(F)ccc(N)c2F)CC1C. The van der Waals surface area contributed by atoms with Gasteiger partial charge >= 0.3 is 5.97 Å². The van der Waals surface area contributed by atoms with Gasteiger partial charge in [0.25, 0.3) is 0 Å². The third kappa shape index (κ3) is 2.92. The molecular formula is C15H19F2NO2. The van der Waals surface area contributed by atoms with E-state index in [1.54, 1.807) is 0 Å². The van der Waals surface area contributed by atoms with E-state index in [0.29, 0.717) is 11.8 Å². The number of nitrogens with two attached hydrogens (primary N) is 1. The lowest BCUT2D eigenvalue weighted by atomic mass is 9.80. The Morgan fingerprint density at radius 3 is 2.60 bits per heavy atom. The number of anilines is 1.